The normalized spacial score (nSPS) is 18.7. The Hall–Kier alpha value is -3.25. The zero-order valence-corrected chi connectivity index (χ0v) is 16.2. The van der Waals surface area contributed by atoms with Crippen LogP contribution in [0.15, 0.2) is 61.4 Å². The summed E-state index contributed by atoms with van der Waals surface area (Å²) in [6, 6.07) is 12.5. The lowest BCUT2D eigenvalue weighted by atomic mass is 9.89. The monoisotopic (exact) mass is 379 g/mol. The number of amides is 1. The summed E-state index contributed by atoms with van der Waals surface area (Å²) in [5.41, 5.74) is 1.82. The molecule has 1 heterocycles. The molecule has 2 aromatic carbocycles. The third kappa shape index (κ3) is 3.73. The zero-order valence-electron chi connectivity index (χ0n) is 16.2. The van der Waals surface area contributed by atoms with Crippen molar-refractivity contribution in [3.05, 3.63) is 78.1 Å². The Morgan fingerprint density at radius 3 is 2.54 bits per heavy atom. The lowest BCUT2D eigenvalue weighted by molar-refractivity contribution is -0.125. The van der Waals surface area contributed by atoms with Crippen LogP contribution >= 0.6 is 0 Å². The lowest BCUT2D eigenvalue weighted by Crippen LogP contribution is -2.51. The number of carbonyl (C=O) groups is 1. The largest absolute Gasteiger partial charge is 0.508 e. The highest BCUT2D eigenvalue weighted by Crippen LogP contribution is 2.30. The van der Waals surface area contributed by atoms with Crippen LogP contribution in [-0.4, -0.2) is 36.6 Å². The highest BCUT2D eigenvalue weighted by molar-refractivity contribution is 5.92. The first-order valence-electron chi connectivity index (χ1n) is 8.94. The van der Waals surface area contributed by atoms with E-state index in [9.17, 15) is 9.90 Å². The van der Waals surface area contributed by atoms with Crippen LogP contribution in [-0.2, 0) is 16.9 Å². The van der Waals surface area contributed by atoms with Gasteiger partial charge in [-0.15, -0.1) is 0 Å². The van der Waals surface area contributed by atoms with Crippen LogP contribution in [0.1, 0.15) is 16.7 Å². The maximum Gasteiger partial charge on any atom is 0.257 e. The van der Waals surface area contributed by atoms with Crippen LogP contribution < -0.4 is 15.4 Å². The number of nitrogens with one attached hydrogen (secondary N) is 2. The molecule has 1 amide bonds. The molecule has 0 aliphatic carbocycles. The number of rotatable bonds is 7. The van der Waals surface area contributed by atoms with Gasteiger partial charge >= 0.3 is 0 Å². The van der Waals surface area contributed by atoms with Gasteiger partial charge in [0.1, 0.15) is 11.5 Å². The van der Waals surface area contributed by atoms with E-state index >= 15 is 0 Å². The number of hydrogen-bond donors (Lipinski definition) is 3. The molecule has 0 aromatic heterocycles. The molecule has 0 saturated carbocycles. The number of phenols is 1. The van der Waals surface area contributed by atoms with Gasteiger partial charge in [0.05, 0.1) is 12.9 Å². The molecule has 0 radical (unpaired) electrons. The molecule has 6 heteroatoms. The third-order valence-corrected chi connectivity index (χ3v) is 4.89. The van der Waals surface area contributed by atoms with Crippen LogP contribution in [0, 0.1) is 0 Å². The number of phenolic OH excluding ortho intramolecular Hbond substituents is 1. The molecule has 3 N–H and O–H groups in total. The Morgan fingerprint density at radius 1 is 1.25 bits per heavy atom. The van der Waals surface area contributed by atoms with Crippen molar-refractivity contribution in [1.29, 1.82) is 0 Å². The fourth-order valence-corrected chi connectivity index (χ4v) is 3.54. The van der Waals surface area contributed by atoms with Gasteiger partial charge in [0.25, 0.3) is 5.91 Å². The first kappa shape index (κ1) is 19.5. The van der Waals surface area contributed by atoms with Gasteiger partial charge in [-0.1, -0.05) is 37.4 Å². The van der Waals surface area contributed by atoms with Crippen LogP contribution in [0.5, 0.6) is 11.5 Å². The Balaban J connectivity index is 1.90. The van der Waals surface area contributed by atoms with Crippen molar-refractivity contribution in [1.82, 2.24) is 15.5 Å². The summed E-state index contributed by atoms with van der Waals surface area (Å²) in [4.78, 5) is 14.9. The van der Waals surface area contributed by atoms with E-state index in [4.69, 9.17) is 4.74 Å². The molecule has 146 valence electrons. The van der Waals surface area contributed by atoms with E-state index in [-0.39, 0.29) is 11.7 Å². The predicted octanol–water partition coefficient (Wildman–Crippen LogP) is 2.56. The fourth-order valence-electron chi connectivity index (χ4n) is 3.54. The molecule has 2 aromatic rings. The molecular weight excluding hydrogens is 354 g/mol. The van der Waals surface area contributed by atoms with Crippen molar-refractivity contribution < 1.29 is 14.6 Å². The topological polar surface area (TPSA) is 73.8 Å². The van der Waals surface area contributed by atoms with Gasteiger partial charge in [-0.25, -0.2) is 0 Å². The number of likely N-dealkylation sites (N-methyl/N-ethyl adjacent to an activating group) is 1. The Bertz CT molecular complexity index is 908. The molecule has 1 saturated heterocycles. The molecule has 1 aliphatic heterocycles. The molecule has 28 heavy (non-hydrogen) atoms. The van der Waals surface area contributed by atoms with Crippen molar-refractivity contribution in [3.63, 3.8) is 0 Å². The molecular formula is C22H25N3O3. The van der Waals surface area contributed by atoms with Crippen LogP contribution in [0.4, 0.5) is 0 Å². The predicted molar refractivity (Wildman–Crippen MR) is 110 cm³/mol. The summed E-state index contributed by atoms with van der Waals surface area (Å²) in [5, 5.41) is 15.6. The van der Waals surface area contributed by atoms with E-state index in [1.54, 1.807) is 37.5 Å². The molecule has 1 unspecified atom stereocenters. The van der Waals surface area contributed by atoms with E-state index in [0.29, 0.717) is 18.9 Å². The number of nitrogens with zero attached hydrogens (tertiary/aromatic N) is 1. The van der Waals surface area contributed by atoms with Crippen molar-refractivity contribution in [2.45, 2.75) is 12.1 Å². The maximum atomic E-state index is 12.8. The number of methoxy groups -OCH3 is 1. The molecule has 0 spiro atoms. The van der Waals surface area contributed by atoms with Gasteiger partial charge in [-0.05, 0) is 48.0 Å². The van der Waals surface area contributed by atoms with Gasteiger partial charge in [-0.3, -0.25) is 9.69 Å². The van der Waals surface area contributed by atoms with Crippen LogP contribution in [0.2, 0.25) is 0 Å². The van der Waals surface area contributed by atoms with Gasteiger partial charge in [0.15, 0.2) is 5.54 Å². The minimum atomic E-state index is -0.993. The second-order valence-corrected chi connectivity index (χ2v) is 6.95. The molecule has 1 atom stereocenters. The third-order valence-electron chi connectivity index (χ3n) is 4.89. The van der Waals surface area contributed by atoms with E-state index in [1.165, 1.54) is 0 Å². The first-order chi connectivity index (χ1) is 13.4. The molecule has 6 nitrogen and oxygen atoms in total. The number of aromatic hydroxyl groups is 1. The smallest absolute Gasteiger partial charge is 0.257 e. The number of benzene rings is 2. The van der Waals surface area contributed by atoms with Crippen molar-refractivity contribution in [2.75, 3.05) is 20.7 Å². The van der Waals surface area contributed by atoms with E-state index in [0.717, 1.165) is 22.4 Å². The lowest BCUT2D eigenvalue weighted by Gasteiger charge is -2.32. The average Bonchev–Trinajstić information content (AvgIpc) is 2.95. The number of carbonyl (C=O) groups excluding carboxylic acids is 1. The zero-order chi connectivity index (χ0) is 20.3. The van der Waals surface area contributed by atoms with Gasteiger partial charge in [0.2, 0.25) is 0 Å². The summed E-state index contributed by atoms with van der Waals surface area (Å²) >= 11 is 0. The summed E-state index contributed by atoms with van der Waals surface area (Å²) in [7, 11) is 3.58. The average molecular weight is 379 g/mol. The van der Waals surface area contributed by atoms with E-state index in [1.807, 2.05) is 25.2 Å². The second-order valence-electron chi connectivity index (χ2n) is 6.95. The quantitative estimate of drug-likeness (QED) is 0.690. The minimum Gasteiger partial charge on any atom is -0.508 e. The number of hydrogen-bond acceptors (Lipinski definition) is 5. The van der Waals surface area contributed by atoms with Crippen molar-refractivity contribution >= 4 is 12.0 Å². The van der Waals surface area contributed by atoms with Crippen LogP contribution in [0.3, 0.4) is 0 Å². The fraction of sp³-hybridized carbons (Fsp3) is 0.227. The van der Waals surface area contributed by atoms with Crippen molar-refractivity contribution in [2.24, 2.45) is 0 Å². The second kappa shape index (κ2) is 7.78. The maximum absolute atomic E-state index is 12.8. The Kier molecular flexibility index (Phi) is 5.42. The van der Waals surface area contributed by atoms with Gasteiger partial charge in [0, 0.05) is 13.1 Å². The summed E-state index contributed by atoms with van der Waals surface area (Å²) in [6.07, 6.45) is 1.81. The minimum absolute atomic E-state index is 0.150. The molecule has 1 aliphatic rings. The number of ether oxygens (including phenoxy) is 1. The SMILES string of the molecule is C=Cc1ccc(OC)cc1CN(C)CC1(c2ccc(O)cc2)NC(=C)NC1=O. The van der Waals surface area contributed by atoms with Crippen molar-refractivity contribution in [3.8, 4) is 11.5 Å². The summed E-state index contributed by atoms with van der Waals surface area (Å²) < 4.78 is 5.34. The van der Waals surface area contributed by atoms with Gasteiger partial charge < -0.3 is 20.5 Å². The highest BCUT2D eigenvalue weighted by atomic mass is 16.5. The van der Waals surface area contributed by atoms with Gasteiger partial charge in [-0.2, -0.15) is 0 Å². The van der Waals surface area contributed by atoms with E-state index in [2.05, 4.69) is 28.7 Å². The molecule has 1 fully saturated rings. The summed E-state index contributed by atoms with van der Waals surface area (Å²) in [6.45, 7) is 8.72. The molecule has 0 bridgehead atoms. The standard InChI is InChI=1S/C22H25N3O3/c1-5-16-6-11-20(28-4)12-17(16)13-25(3)14-22(21(27)23-15(2)24-22)18-7-9-19(26)10-8-18/h5-12,24,26H,1-2,13-14H2,3-4H3,(H,23,27). The van der Waals surface area contributed by atoms with Crippen LogP contribution in [0.25, 0.3) is 6.08 Å². The van der Waals surface area contributed by atoms with E-state index < -0.39 is 5.54 Å². The Labute approximate surface area is 165 Å². The molecule has 3 rings (SSSR count). The Morgan fingerprint density at radius 2 is 1.96 bits per heavy atom. The highest BCUT2D eigenvalue weighted by Gasteiger charge is 2.46. The summed E-state index contributed by atoms with van der Waals surface area (Å²) in [5.74, 6) is 1.20. The first-order valence-corrected chi connectivity index (χ1v) is 8.94.